The Balaban J connectivity index is 2.15. The van der Waals surface area contributed by atoms with Crippen LogP contribution in [0.4, 0.5) is 5.82 Å². The molecule has 1 unspecified atom stereocenters. The third-order valence-electron chi connectivity index (χ3n) is 3.72. The molecule has 6 nitrogen and oxygen atoms in total. The zero-order valence-corrected chi connectivity index (χ0v) is 11.6. The summed E-state index contributed by atoms with van der Waals surface area (Å²) in [5.74, 6) is 0.693. The molecule has 1 aliphatic heterocycles. The van der Waals surface area contributed by atoms with Crippen molar-refractivity contribution < 1.29 is 9.90 Å². The quantitative estimate of drug-likeness (QED) is 0.851. The van der Waals surface area contributed by atoms with E-state index >= 15 is 0 Å². The van der Waals surface area contributed by atoms with Crippen molar-refractivity contribution in [2.45, 2.75) is 6.17 Å². The number of hydrogen-bond donors (Lipinski definition) is 1. The highest BCUT2D eigenvalue weighted by Gasteiger charge is 2.38. The molecule has 1 amide bonds. The number of phenolic OH excluding ortho intramolecular Hbond substituents is 1. The summed E-state index contributed by atoms with van der Waals surface area (Å²) in [6, 6.07) is 7.04. The zero-order chi connectivity index (χ0) is 14.4. The number of carbonyl (C=O) groups is 1. The monoisotopic (exact) mass is 272 g/mol. The number of benzene rings is 1. The van der Waals surface area contributed by atoms with Gasteiger partial charge < -0.3 is 19.5 Å². The van der Waals surface area contributed by atoms with Gasteiger partial charge in [0, 0.05) is 26.7 Å². The van der Waals surface area contributed by atoms with Gasteiger partial charge in [-0.05, 0) is 6.07 Å². The Kier molecular flexibility index (Phi) is 2.67. The van der Waals surface area contributed by atoms with E-state index in [0.717, 1.165) is 0 Å². The van der Waals surface area contributed by atoms with Gasteiger partial charge >= 0.3 is 0 Å². The first-order valence-corrected chi connectivity index (χ1v) is 6.31. The van der Waals surface area contributed by atoms with E-state index in [1.807, 2.05) is 24.1 Å². The van der Waals surface area contributed by atoms with Crippen LogP contribution < -0.4 is 4.90 Å². The minimum absolute atomic E-state index is 0.105. The second-order valence-electron chi connectivity index (χ2n) is 4.99. The molecule has 0 bridgehead atoms. The van der Waals surface area contributed by atoms with Gasteiger partial charge in [-0.1, -0.05) is 18.2 Å². The summed E-state index contributed by atoms with van der Waals surface area (Å²) in [6.45, 7) is 0. The van der Waals surface area contributed by atoms with Crippen molar-refractivity contribution in [2.24, 2.45) is 7.05 Å². The highest BCUT2D eigenvalue weighted by Crippen LogP contribution is 2.38. The minimum Gasteiger partial charge on any atom is -0.508 e. The topological polar surface area (TPSA) is 61.6 Å². The maximum Gasteiger partial charge on any atom is 0.276 e. The van der Waals surface area contributed by atoms with E-state index in [9.17, 15) is 9.90 Å². The lowest BCUT2D eigenvalue weighted by atomic mass is 10.1. The maximum absolute atomic E-state index is 12.5. The highest BCUT2D eigenvalue weighted by molar-refractivity contribution is 5.99. The van der Waals surface area contributed by atoms with Gasteiger partial charge in [0.15, 0.2) is 11.5 Å². The van der Waals surface area contributed by atoms with Crippen LogP contribution in [0.3, 0.4) is 0 Å². The van der Waals surface area contributed by atoms with Crippen molar-refractivity contribution in [2.75, 3.05) is 19.0 Å². The number of imidazole rings is 1. The number of hydrogen-bond acceptors (Lipinski definition) is 4. The Morgan fingerprint density at radius 3 is 2.55 bits per heavy atom. The number of amides is 1. The Hall–Kier alpha value is -2.50. The van der Waals surface area contributed by atoms with Gasteiger partial charge in [0.2, 0.25) is 0 Å². The van der Waals surface area contributed by atoms with Gasteiger partial charge in [-0.3, -0.25) is 4.79 Å². The van der Waals surface area contributed by atoms with Crippen molar-refractivity contribution >= 4 is 11.7 Å². The molecule has 1 aromatic heterocycles. The number of anilines is 1. The van der Waals surface area contributed by atoms with Crippen molar-refractivity contribution in [1.29, 1.82) is 0 Å². The van der Waals surface area contributed by atoms with Crippen LogP contribution in [0, 0.1) is 0 Å². The Labute approximate surface area is 116 Å². The van der Waals surface area contributed by atoms with E-state index in [2.05, 4.69) is 4.98 Å². The smallest absolute Gasteiger partial charge is 0.276 e. The fraction of sp³-hybridized carbons (Fsp3) is 0.286. The zero-order valence-electron chi connectivity index (χ0n) is 11.6. The van der Waals surface area contributed by atoms with Crippen LogP contribution in [0.25, 0.3) is 0 Å². The average Bonchev–Trinajstić information content (AvgIpc) is 2.81. The molecule has 104 valence electrons. The first-order valence-electron chi connectivity index (χ1n) is 6.31. The van der Waals surface area contributed by atoms with Crippen LogP contribution in [0.1, 0.15) is 22.2 Å². The summed E-state index contributed by atoms with van der Waals surface area (Å²) in [7, 11) is 5.39. The molecule has 0 aliphatic carbocycles. The van der Waals surface area contributed by atoms with Gasteiger partial charge in [-0.2, -0.15) is 0 Å². The molecule has 6 heteroatoms. The molecule has 0 radical (unpaired) electrons. The summed E-state index contributed by atoms with van der Waals surface area (Å²) >= 11 is 0. The van der Waals surface area contributed by atoms with E-state index in [0.29, 0.717) is 17.1 Å². The molecule has 2 heterocycles. The van der Waals surface area contributed by atoms with Crippen LogP contribution in [0.5, 0.6) is 5.75 Å². The summed E-state index contributed by atoms with van der Waals surface area (Å²) < 4.78 is 1.71. The predicted octanol–water partition coefficient (Wildman–Crippen LogP) is 1.35. The SMILES string of the molecule is CN1C(=O)c2c(ncn2C)N(C)C1c1ccccc1O. The molecular formula is C14H16N4O2. The van der Waals surface area contributed by atoms with Crippen LogP contribution >= 0.6 is 0 Å². The standard InChI is InChI=1S/C14H16N4O2/c1-16-8-15-12-11(16)14(20)18(3)13(17(12)2)9-6-4-5-7-10(9)19/h4-8,13,19H,1-3H3. The van der Waals surface area contributed by atoms with E-state index in [1.54, 1.807) is 42.0 Å². The predicted molar refractivity (Wildman–Crippen MR) is 74.6 cm³/mol. The number of para-hydroxylation sites is 1. The fourth-order valence-corrected chi connectivity index (χ4v) is 2.70. The molecule has 3 rings (SSSR count). The third-order valence-corrected chi connectivity index (χ3v) is 3.72. The lowest BCUT2D eigenvalue weighted by Crippen LogP contribution is -2.46. The van der Waals surface area contributed by atoms with E-state index in [1.165, 1.54) is 0 Å². The molecule has 1 aliphatic rings. The summed E-state index contributed by atoms with van der Waals surface area (Å²) in [5.41, 5.74) is 1.24. The number of aromatic nitrogens is 2. The first-order chi connectivity index (χ1) is 9.52. The van der Waals surface area contributed by atoms with E-state index < -0.39 is 0 Å². The first kappa shape index (κ1) is 12.5. The molecule has 0 fully saturated rings. The highest BCUT2D eigenvalue weighted by atomic mass is 16.3. The van der Waals surface area contributed by atoms with Crippen molar-refractivity contribution in [1.82, 2.24) is 14.5 Å². The number of aryl methyl sites for hydroxylation is 1. The van der Waals surface area contributed by atoms with Crippen LogP contribution in [0.15, 0.2) is 30.6 Å². The molecule has 1 atom stereocenters. The minimum atomic E-state index is -0.369. The van der Waals surface area contributed by atoms with E-state index in [-0.39, 0.29) is 17.8 Å². The van der Waals surface area contributed by atoms with E-state index in [4.69, 9.17) is 0 Å². The Morgan fingerprint density at radius 1 is 1.15 bits per heavy atom. The lowest BCUT2D eigenvalue weighted by Gasteiger charge is -2.40. The summed E-state index contributed by atoms with van der Waals surface area (Å²) in [6.07, 6.45) is 1.26. The van der Waals surface area contributed by atoms with Crippen LogP contribution in [-0.4, -0.2) is 39.6 Å². The third kappa shape index (κ3) is 1.57. The lowest BCUT2D eigenvalue weighted by molar-refractivity contribution is 0.0698. The fourth-order valence-electron chi connectivity index (χ4n) is 2.70. The molecule has 1 N–H and O–H groups in total. The molecule has 0 saturated carbocycles. The normalized spacial score (nSPS) is 18.4. The van der Waals surface area contributed by atoms with Gasteiger partial charge in [0.05, 0.1) is 6.33 Å². The Morgan fingerprint density at radius 2 is 1.85 bits per heavy atom. The number of phenols is 1. The van der Waals surface area contributed by atoms with Crippen LogP contribution in [-0.2, 0) is 7.05 Å². The molecule has 0 saturated heterocycles. The number of nitrogens with zero attached hydrogens (tertiary/aromatic N) is 4. The second kappa shape index (κ2) is 4.26. The van der Waals surface area contributed by atoms with Crippen molar-refractivity contribution in [3.05, 3.63) is 41.9 Å². The maximum atomic E-state index is 12.5. The number of aromatic hydroxyl groups is 1. The number of fused-ring (bicyclic) bond motifs is 1. The summed E-state index contributed by atoms with van der Waals surface area (Å²) in [5, 5.41) is 10.0. The summed E-state index contributed by atoms with van der Waals surface area (Å²) in [4.78, 5) is 20.3. The van der Waals surface area contributed by atoms with Gasteiger partial charge in [-0.15, -0.1) is 0 Å². The Bertz CT molecular complexity index is 680. The van der Waals surface area contributed by atoms with Crippen LogP contribution in [0.2, 0.25) is 0 Å². The molecule has 1 aromatic carbocycles. The van der Waals surface area contributed by atoms with Crippen molar-refractivity contribution in [3.63, 3.8) is 0 Å². The number of rotatable bonds is 1. The molecule has 0 spiro atoms. The average molecular weight is 272 g/mol. The molecule has 2 aromatic rings. The molecular weight excluding hydrogens is 256 g/mol. The van der Waals surface area contributed by atoms with Gasteiger partial charge in [0.1, 0.15) is 11.9 Å². The van der Waals surface area contributed by atoms with Gasteiger partial charge in [0.25, 0.3) is 5.91 Å². The van der Waals surface area contributed by atoms with Crippen molar-refractivity contribution in [3.8, 4) is 5.75 Å². The largest absolute Gasteiger partial charge is 0.508 e. The number of carbonyl (C=O) groups excluding carboxylic acids is 1. The second-order valence-corrected chi connectivity index (χ2v) is 4.99. The van der Waals surface area contributed by atoms with Gasteiger partial charge in [-0.25, -0.2) is 4.98 Å². The molecule has 20 heavy (non-hydrogen) atoms.